The minimum Gasteiger partial charge on any atom is -0.487 e. The van der Waals surface area contributed by atoms with Crippen LogP contribution >= 0.6 is 0 Å². The van der Waals surface area contributed by atoms with Crippen LogP contribution in [0.25, 0.3) is 11.5 Å². The zero-order valence-electron chi connectivity index (χ0n) is 20.3. The number of carbonyl (C=O) groups is 1. The smallest absolute Gasteiger partial charge is 0.356 e. The third-order valence-corrected chi connectivity index (χ3v) is 5.34. The first kappa shape index (κ1) is 24.7. The van der Waals surface area contributed by atoms with Gasteiger partial charge < -0.3 is 18.7 Å². The molecule has 0 atom stereocenters. The van der Waals surface area contributed by atoms with Crippen LogP contribution in [0.4, 0.5) is 0 Å². The van der Waals surface area contributed by atoms with E-state index in [2.05, 4.69) is 10.1 Å². The number of oxazole rings is 1. The van der Waals surface area contributed by atoms with Gasteiger partial charge in [0.05, 0.1) is 6.61 Å². The molecular formula is C29H28N2O5. The third kappa shape index (κ3) is 6.82. The van der Waals surface area contributed by atoms with Crippen LogP contribution in [0.15, 0.2) is 94.5 Å². The van der Waals surface area contributed by atoms with Crippen molar-refractivity contribution in [1.29, 1.82) is 0 Å². The lowest BCUT2D eigenvalue weighted by Crippen LogP contribution is -2.20. The van der Waals surface area contributed by atoms with E-state index in [-0.39, 0.29) is 18.9 Å². The predicted octanol–water partition coefficient (Wildman–Crippen LogP) is 5.91. The number of ether oxygens (including phenoxy) is 2. The summed E-state index contributed by atoms with van der Waals surface area (Å²) in [6.45, 7) is 4.41. The summed E-state index contributed by atoms with van der Waals surface area (Å²) in [5.74, 6) is 1.52. The summed E-state index contributed by atoms with van der Waals surface area (Å²) in [6.07, 6.45) is 0.333. The molecule has 0 aliphatic carbocycles. The molecule has 0 unspecified atom stereocenters. The van der Waals surface area contributed by atoms with Gasteiger partial charge in [0.15, 0.2) is 5.71 Å². The van der Waals surface area contributed by atoms with Gasteiger partial charge in [-0.05, 0) is 49.2 Å². The second-order valence-electron chi connectivity index (χ2n) is 8.01. The first-order valence-electron chi connectivity index (χ1n) is 11.8. The lowest BCUT2D eigenvalue weighted by molar-refractivity contribution is -0.135. The predicted molar refractivity (Wildman–Crippen MR) is 136 cm³/mol. The van der Waals surface area contributed by atoms with Crippen molar-refractivity contribution in [3.05, 3.63) is 108 Å². The molecule has 4 aromatic rings. The van der Waals surface area contributed by atoms with E-state index >= 15 is 0 Å². The second kappa shape index (κ2) is 12.4. The maximum absolute atomic E-state index is 12.3. The largest absolute Gasteiger partial charge is 0.487 e. The lowest BCUT2D eigenvalue weighted by Gasteiger charge is -2.08. The molecule has 0 aliphatic heterocycles. The van der Waals surface area contributed by atoms with Crippen molar-refractivity contribution in [2.45, 2.75) is 33.5 Å². The zero-order chi connectivity index (χ0) is 25.2. The molecule has 0 bridgehead atoms. The standard InChI is InChI=1S/C29H28N2O5/c1-3-33-29(32)26(18-22-10-6-4-7-11-22)31-35-19-23-14-16-25(17-15-23)34-20-27-21(2)36-28(30-27)24-12-8-5-9-13-24/h4-17H,3,18-20H2,1-2H3/b31-26+. The SMILES string of the molecule is CCOC(=O)/C(Cc1ccccc1)=N/OCc1ccc(OCc2nc(-c3ccccc3)oc2C)cc1. The molecule has 0 fully saturated rings. The summed E-state index contributed by atoms with van der Waals surface area (Å²) in [4.78, 5) is 22.3. The van der Waals surface area contributed by atoms with E-state index in [1.807, 2.05) is 91.9 Å². The van der Waals surface area contributed by atoms with Crippen LogP contribution in [0.3, 0.4) is 0 Å². The van der Waals surface area contributed by atoms with Crippen molar-refractivity contribution >= 4 is 11.7 Å². The Hall–Kier alpha value is -4.39. The number of esters is 1. The van der Waals surface area contributed by atoms with Gasteiger partial charge in [-0.2, -0.15) is 0 Å². The Balaban J connectivity index is 1.32. The van der Waals surface area contributed by atoms with Crippen LogP contribution < -0.4 is 4.74 Å². The fourth-order valence-corrected chi connectivity index (χ4v) is 3.43. The molecule has 0 spiro atoms. The number of benzene rings is 3. The van der Waals surface area contributed by atoms with Crippen molar-refractivity contribution in [1.82, 2.24) is 4.98 Å². The highest BCUT2D eigenvalue weighted by atomic mass is 16.6. The monoisotopic (exact) mass is 484 g/mol. The molecule has 184 valence electrons. The number of rotatable bonds is 11. The Morgan fingerprint density at radius 1 is 0.889 bits per heavy atom. The highest BCUT2D eigenvalue weighted by molar-refractivity contribution is 6.36. The van der Waals surface area contributed by atoms with Gasteiger partial charge in [0, 0.05) is 12.0 Å². The molecule has 0 amide bonds. The van der Waals surface area contributed by atoms with Gasteiger partial charge in [-0.25, -0.2) is 9.78 Å². The van der Waals surface area contributed by atoms with E-state index in [1.54, 1.807) is 6.92 Å². The highest BCUT2D eigenvalue weighted by Crippen LogP contribution is 2.23. The van der Waals surface area contributed by atoms with Crippen molar-refractivity contribution in [2.75, 3.05) is 6.61 Å². The quantitative estimate of drug-likeness (QED) is 0.150. The second-order valence-corrected chi connectivity index (χ2v) is 8.01. The fourth-order valence-electron chi connectivity index (χ4n) is 3.43. The number of nitrogens with zero attached hydrogens (tertiary/aromatic N) is 2. The van der Waals surface area contributed by atoms with Crippen LogP contribution in [-0.4, -0.2) is 23.3 Å². The van der Waals surface area contributed by atoms with Crippen LogP contribution in [0.5, 0.6) is 5.75 Å². The summed E-state index contributed by atoms with van der Waals surface area (Å²) in [5.41, 5.74) is 3.74. The van der Waals surface area contributed by atoms with Gasteiger partial charge in [-0.1, -0.05) is 65.8 Å². The molecule has 1 heterocycles. The van der Waals surface area contributed by atoms with Gasteiger partial charge in [-0.15, -0.1) is 0 Å². The molecule has 0 radical (unpaired) electrons. The molecule has 0 aliphatic rings. The minimum absolute atomic E-state index is 0.209. The summed E-state index contributed by atoms with van der Waals surface area (Å²) in [7, 11) is 0. The van der Waals surface area contributed by atoms with Crippen LogP contribution in [0, 0.1) is 6.92 Å². The van der Waals surface area contributed by atoms with E-state index in [0.717, 1.165) is 28.1 Å². The van der Waals surface area contributed by atoms with Crippen LogP contribution in [0.2, 0.25) is 0 Å². The molecule has 7 heteroatoms. The lowest BCUT2D eigenvalue weighted by atomic mass is 10.1. The van der Waals surface area contributed by atoms with E-state index in [9.17, 15) is 4.79 Å². The van der Waals surface area contributed by atoms with E-state index < -0.39 is 5.97 Å². The number of hydrogen-bond acceptors (Lipinski definition) is 7. The summed E-state index contributed by atoms with van der Waals surface area (Å²) in [5, 5.41) is 4.06. The molecule has 1 aromatic heterocycles. The number of hydrogen-bond donors (Lipinski definition) is 0. The number of aryl methyl sites for hydroxylation is 1. The molecule has 3 aromatic carbocycles. The summed E-state index contributed by atoms with van der Waals surface area (Å²) in [6, 6.07) is 26.8. The average Bonchev–Trinajstić information content (AvgIpc) is 3.29. The Labute approximate surface area is 210 Å². The van der Waals surface area contributed by atoms with Crippen molar-refractivity contribution in [2.24, 2.45) is 5.16 Å². The minimum atomic E-state index is -0.483. The van der Waals surface area contributed by atoms with Crippen molar-refractivity contribution in [3.8, 4) is 17.2 Å². The third-order valence-electron chi connectivity index (χ3n) is 5.34. The van der Waals surface area contributed by atoms with Gasteiger partial charge >= 0.3 is 5.97 Å². The molecular weight excluding hydrogens is 456 g/mol. The normalized spacial score (nSPS) is 11.2. The fraction of sp³-hybridized carbons (Fsp3) is 0.207. The molecule has 0 N–H and O–H groups in total. The Bertz CT molecular complexity index is 1280. The van der Waals surface area contributed by atoms with Gasteiger partial charge in [0.2, 0.25) is 5.89 Å². The number of oxime groups is 1. The van der Waals surface area contributed by atoms with Gasteiger partial charge in [0.25, 0.3) is 0 Å². The maximum atomic E-state index is 12.3. The van der Waals surface area contributed by atoms with Gasteiger partial charge in [-0.3, -0.25) is 0 Å². The summed E-state index contributed by atoms with van der Waals surface area (Å²) < 4.78 is 16.8. The zero-order valence-corrected chi connectivity index (χ0v) is 20.3. The highest BCUT2D eigenvalue weighted by Gasteiger charge is 2.15. The Kier molecular flexibility index (Phi) is 8.48. The Morgan fingerprint density at radius 2 is 1.58 bits per heavy atom. The van der Waals surface area contributed by atoms with Crippen LogP contribution in [0.1, 0.15) is 29.5 Å². The molecule has 7 nitrogen and oxygen atoms in total. The maximum Gasteiger partial charge on any atom is 0.356 e. The van der Waals surface area contributed by atoms with Crippen molar-refractivity contribution in [3.63, 3.8) is 0 Å². The molecule has 0 saturated carbocycles. The number of carbonyl (C=O) groups excluding carboxylic acids is 1. The molecule has 0 saturated heterocycles. The molecule has 36 heavy (non-hydrogen) atoms. The molecule has 4 rings (SSSR count). The Morgan fingerprint density at radius 3 is 2.28 bits per heavy atom. The van der Waals surface area contributed by atoms with E-state index in [0.29, 0.717) is 24.7 Å². The van der Waals surface area contributed by atoms with E-state index in [4.69, 9.17) is 18.7 Å². The average molecular weight is 485 g/mol. The number of aromatic nitrogens is 1. The van der Waals surface area contributed by atoms with Crippen LogP contribution in [-0.2, 0) is 34.0 Å². The summed E-state index contributed by atoms with van der Waals surface area (Å²) >= 11 is 0. The van der Waals surface area contributed by atoms with Crippen molar-refractivity contribution < 1.29 is 23.5 Å². The van der Waals surface area contributed by atoms with Gasteiger partial charge in [0.1, 0.15) is 30.4 Å². The first-order chi connectivity index (χ1) is 17.6. The van der Waals surface area contributed by atoms with E-state index in [1.165, 1.54) is 0 Å². The topological polar surface area (TPSA) is 83.2 Å². The first-order valence-corrected chi connectivity index (χ1v) is 11.8.